The Labute approximate surface area is 117 Å². The Morgan fingerprint density at radius 3 is 2.00 bits per heavy atom. The van der Waals surface area contributed by atoms with E-state index in [-0.39, 0.29) is 5.92 Å². The van der Waals surface area contributed by atoms with Gasteiger partial charge in [0.05, 0.1) is 12.2 Å². The Kier molecular flexibility index (Phi) is 8.42. The van der Waals surface area contributed by atoms with E-state index in [0.717, 1.165) is 25.7 Å². The third-order valence-corrected chi connectivity index (χ3v) is 4.76. The summed E-state index contributed by atoms with van der Waals surface area (Å²) < 4.78 is 0. The second-order valence-electron chi connectivity index (χ2n) is 5.98. The molecule has 0 rings (SSSR count). The van der Waals surface area contributed by atoms with E-state index in [2.05, 4.69) is 19.0 Å². The number of aliphatic hydroxyl groups excluding tert-OH is 2. The minimum atomic E-state index is -1.11. The highest BCUT2D eigenvalue weighted by Crippen LogP contribution is 2.31. The molecular formula is C15H31NO3. The Balaban J connectivity index is 4.44. The van der Waals surface area contributed by atoms with Crippen LogP contribution in [0.25, 0.3) is 0 Å². The van der Waals surface area contributed by atoms with Gasteiger partial charge in [0.25, 0.3) is 0 Å². The molecule has 4 nitrogen and oxygen atoms in total. The van der Waals surface area contributed by atoms with E-state index >= 15 is 0 Å². The topological polar surface area (TPSA) is 69.9 Å². The highest BCUT2D eigenvalue weighted by Gasteiger charge is 2.42. The molecule has 4 unspecified atom stereocenters. The van der Waals surface area contributed by atoms with Crippen molar-refractivity contribution in [3.05, 3.63) is 4.91 Å². The van der Waals surface area contributed by atoms with Crippen molar-refractivity contribution >= 4 is 0 Å². The van der Waals surface area contributed by atoms with Crippen molar-refractivity contribution in [2.45, 2.75) is 84.5 Å². The van der Waals surface area contributed by atoms with E-state index in [1.54, 1.807) is 20.8 Å². The first-order valence-electron chi connectivity index (χ1n) is 7.54. The van der Waals surface area contributed by atoms with Gasteiger partial charge in [-0.15, -0.1) is 0 Å². The molecule has 114 valence electrons. The molecule has 0 saturated heterocycles. The predicted molar refractivity (Wildman–Crippen MR) is 79.0 cm³/mol. The average molecular weight is 273 g/mol. The van der Waals surface area contributed by atoms with Gasteiger partial charge in [0.1, 0.15) is 5.54 Å². The average Bonchev–Trinajstić information content (AvgIpc) is 2.41. The Bertz CT molecular complexity index is 254. The summed E-state index contributed by atoms with van der Waals surface area (Å²) in [6, 6.07) is 0. The van der Waals surface area contributed by atoms with E-state index in [4.69, 9.17) is 0 Å². The van der Waals surface area contributed by atoms with Crippen LogP contribution in [0.15, 0.2) is 5.18 Å². The Morgan fingerprint density at radius 2 is 1.63 bits per heavy atom. The second-order valence-corrected chi connectivity index (χ2v) is 5.98. The van der Waals surface area contributed by atoms with Gasteiger partial charge in [-0.2, -0.15) is 4.91 Å². The molecule has 4 atom stereocenters. The molecular weight excluding hydrogens is 242 g/mol. The predicted octanol–water partition coefficient (Wildman–Crippen LogP) is 3.50. The van der Waals surface area contributed by atoms with Gasteiger partial charge in [0.15, 0.2) is 0 Å². The molecule has 4 heteroatoms. The van der Waals surface area contributed by atoms with Crippen LogP contribution in [0, 0.1) is 16.7 Å². The van der Waals surface area contributed by atoms with E-state index in [1.807, 2.05) is 0 Å². The maximum Gasteiger partial charge on any atom is 0.130 e. The van der Waals surface area contributed by atoms with Crippen molar-refractivity contribution in [3.8, 4) is 0 Å². The van der Waals surface area contributed by atoms with Crippen molar-refractivity contribution in [2.75, 3.05) is 0 Å². The largest absolute Gasteiger partial charge is 0.393 e. The fourth-order valence-corrected chi connectivity index (χ4v) is 2.52. The zero-order valence-corrected chi connectivity index (χ0v) is 13.1. The van der Waals surface area contributed by atoms with Crippen LogP contribution in [0.4, 0.5) is 0 Å². The summed E-state index contributed by atoms with van der Waals surface area (Å²) in [5, 5.41) is 23.0. The SMILES string of the molecule is CCC(CC)CCCC(O)C(C)(N=O)C(C)C(C)O. The molecule has 0 fully saturated rings. The number of hydrogen-bond acceptors (Lipinski definition) is 4. The zero-order valence-electron chi connectivity index (χ0n) is 13.1. The molecule has 2 N–H and O–H groups in total. The standard InChI is InChI=1S/C15H31NO3/c1-6-13(7-2)9-8-10-14(18)15(5,16-19)11(3)12(4)17/h11-14,17-18H,6-10H2,1-5H3. The van der Waals surface area contributed by atoms with Crippen molar-refractivity contribution < 1.29 is 10.2 Å². The molecule has 0 bridgehead atoms. The zero-order chi connectivity index (χ0) is 15.1. The maximum atomic E-state index is 11.1. The van der Waals surface area contributed by atoms with E-state index in [9.17, 15) is 15.1 Å². The van der Waals surface area contributed by atoms with Crippen LogP contribution in [0.5, 0.6) is 0 Å². The fraction of sp³-hybridized carbons (Fsp3) is 1.00. The number of aliphatic hydroxyl groups is 2. The van der Waals surface area contributed by atoms with Crippen LogP contribution in [0.1, 0.15) is 66.7 Å². The van der Waals surface area contributed by atoms with Crippen molar-refractivity contribution in [1.29, 1.82) is 0 Å². The summed E-state index contributed by atoms with van der Waals surface area (Å²) >= 11 is 0. The first-order chi connectivity index (χ1) is 8.83. The molecule has 0 spiro atoms. The molecule has 0 amide bonds. The maximum absolute atomic E-state index is 11.1. The summed E-state index contributed by atoms with van der Waals surface area (Å²) in [6.45, 7) is 9.38. The lowest BCUT2D eigenvalue weighted by atomic mass is 9.78. The minimum Gasteiger partial charge on any atom is -0.393 e. The van der Waals surface area contributed by atoms with E-state index < -0.39 is 17.7 Å². The van der Waals surface area contributed by atoms with Gasteiger partial charge in [0.2, 0.25) is 0 Å². The van der Waals surface area contributed by atoms with E-state index in [1.165, 1.54) is 0 Å². The van der Waals surface area contributed by atoms with Gasteiger partial charge < -0.3 is 10.2 Å². The third-order valence-electron chi connectivity index (χ3n) is 4.76. The lowest BCUT2D eigenvalue weighted by molar-refractivity contribution is 0.00536. The normalized spacial score (nSPS) is 19.8. The molecule has 0 aliphatic carbocycles. The van der Waals surface area contributed by atoms with Crippen molar-refractivity contribution in [2.24, 2.45) is 17.0 Å². The van der Waals surface area contributed by atoms with Crippen molar-refractivity contribution in [1.82, 2.24) is 0 Å². The molecule has 0 aromatic carbocycles. The monoisotopic (exact) mass is 273 g/mol. The highest BCUT2D eigenvalue weighted by molar-refractivity contribution is 4.96. The van der Waals surface area contributed by atoms with Gasteiger partial charge in [0, 0.05) is 5.92 Å². The number of nitroso groups, excluding NO2 is 1. The van der Waals surface area contributed by atoms with Gasteiger partial charge >= 0.3 is 0 Å². The van der Waals surface area contributed by atoms with Crippen molar-refractivity contribution in [3.63, 3.8) is 0 Å². The van der Waals surface area contributed by atoms with Crippen LogP contribution in [-0.2, 0) is 0 Å². The summed E-state index contributed by atoms with van der Waals surface area (Å²) in [4.78, 5) is 11.1. The van der Waals surface area contributed by atoms with Crippen LogP contribution in [0.3, 0.4) is 0 Å². The van der Waals surface area contributed by atoms with Gasteiger partial charge in [-0.25, -0.2) is 0 Å². The lowest BCUT2D eigenvalue weighted by Gasteiger charge is -2.35. The summed E-state index contributed by atoms with van der Waals surface area (Å²) in [5.74, 6) is 0.338. The first-order valence-corrected chi connectivity index (χ1v) is 7.54. The molecule has 0 heterocycles. The van der Waals surface area contributed by atoms with Crippen LogP contribution in [0.2, 0.25) is 0 Å². The number of hydrogen-bond donors (Lipinski definition) is 2. The molecule has 0 radical (unpaired) electrons. The smallest absolute Gasteiger partial charge is 0.130 e. The number of nitrogens with zero attached hydrogens (tertiary/aromatic N) is 1. The third kappa shape index (κ3) is 5.19. The molecule has 19 heavy (non-hydrogen) atoms. The molecule has 0 aliphatic heterocycles. The van der Waals surface area contributed by atoms with Crippen LogP contribution in [-0.4, -0.2) is 28.0 Å². The Hall–Kier alpha value is -0.480. The highest BCUT2D eigenvalue weighted by atomic mass is 16.3. The molecule has 0 aromatic heterocycles. The molecule has 0 aromatic rings. The van der Waals surface area contributed by atoms with Gasteiger partial charge in [-0.1, -0.05) is 51.6 Å². The quantitative estimate of drug-likeness (QED) is 0.598. The van der Waals surface area contributed by atoms with Gasteiger partial charge in [-0.05, 0) is 26.2 Å². The lowest BCUT2D eigenvalue weighted by Crippen LogP contribution is -2.47. The first kappa shape index (κ1) is 18.5. The summed E-state index contributed by atoms with van der Waals surface area (Å²) in [5.41, 5.74) is -1.11. The molecule has 0 aliphatic rings. The Morgan fingerprint density at radius 1 is 1.11 bits per heavy atom. The molecule has 0 saturated carbocycles. The minimum absolute atomic E-state index is 0.354. The second kappa shape index (κ2) is 8.64. The fourth-order valence-electron chi connectivity index (χ4n) is 2.52. The number of rotatable bonds is 10. The van der Waals surface area contributed by atoms with Crippen LogP contribution < -0.4 is 0 Å². The summed E-state index contributed by atoms with van der Waals surface area (Å²) in [6.07, 6.45) is 3.39. The summed E-state index contributed by atoms with van der Waals surface area (Å²) in [7, 11) is 0. The van der Waals surface area contributed by atoms with Gasteiger partial charge in [-0.3, -0.25) is 0 Å². The van der Waals surface area contributed by atoms with Crippen LogP contribution >= 0.6 is 0 Å². The van der Waals surface area contributed by atoms with E-state index in [0.29, 0.717) is 12.3 Å².